The first-order valence-corrected chi connectivity index (χ1v) is 17.8. The van der Waals surface area contributed by atoms with Gasteiger partial charge in [0.25, 0.3) is 0 Å². The molecule has 0 amide bonds. The summed E-state index contributed by atoms with van der Waals surface area (Å²) >= 11 is 0. The van der Waals surface area contributed by atoms with E-state index in [4.69, 9.17) is 15.2 Å². The molecule has 0 saturated heterocycles. The summed E-state index contributed by atoms with van der Waals surface area (Å²) < 4.78 is 6.29. The molecule has 0 unspecified atom stereocenters. The summed E-state index contributed by atoms with van der Waals surface area (Å²) in [7, 11) is 0. The first-order chi connectivity index (χ1) is 25.2. The van der Waals surface area contributed by atoms with Crippen molar-refractivity contribution >= 4 is 5.65 Å². The standard InChI is InChI=1S/C43H40N8/c1-3-5-17-34-31-49(51-41(34)44-40(4-2)46-51)30-32-26-28-33(29-27-32)38-24-15-16-25-39(38)42-45-47-48-50(42)43(35-18-9-6-10-19-35,36-20-11-7-12-21-36)37-22-13-8-14-23-37/h6-16,18-29,31H,3-5,17,30H2,1-2H3/p+1. The Labute approximate surface area is 298 Å². The summed E-state index contributed by atoms with van der Waals surface area (Å²) in [6.45, 7) is 5.03. The number of H-pyrrole nitrogens is 1. The minimum Gasteiger partial charge on any atom is -0.266 e. The number of nitrogens with zero attached hydrogens (tertiary/aromatic N) is 7. The molecule has 0 saturated carbocycles. The Morgan fingerprint density at radius 3 is 1.86 bits per heavy atom. The Kier molecular flexibility index (Phi) is 8.80. The highest BCUT2D eigenvalue weighted by Crippen LogP contribution is 2.38. The number of tetrazole rings is 1. The summed E-state index contributed by atoms with van der Waals surface area (Å²) in [6, 6.07) is 49.0. The van der Waals surface area contributed by atoms with Crippen LogP contribution in [-0.2, 0) is 24.9 Å². The maximum Gasteiger partial charge on any atom is 0.334 e. The molecule has 0 atom stereocenters. The molecule has 0 fully saturated rings. The van der Waals surface area contributed by atoms with E-state index in [2.05, 4.69) is 179 Å². The number of aromatic amines is 1. The number of fused-ring (bicyclic) bond motifs is 1. The van der Waals surface area contributed by atoms with Crippen molar-refractivity contribution in [2.24, 2.45) is 0 Å². The Morgan fingerprint density at radius 1 is 0.686 bits per heavy atom. The third-order valence-corrected chi connectivity index (χ3v) is 9.77. The molecule has 8 aromatic rings. The molecule has 0 radical (unpaired) electrons. The lowest BCUT2D eigenvalue weighted by Crippen LogP contribution is -2.61. The van der Waals surface area contributed by atoms with E-state index in [-0.39, 0.29) is 0 Å². The molecular weight excluding hydrogens is 629 g/mol. The third kappa shape index (κ3) is 5.82. The number of hydrogen-bond acceptors (Lipinski definition) is 4. The fraction of sp³-hybridized carbons (Fsp3) is 0.186. The quantitative estimate of drug-likeness (QED) is 0.105. The van der Waals surface area contributed by atoms with Crippen LogP contribution in [0.25, 0.3) is 28.2 Å². The number of hydrogen-bond donors (Lipinski definition) is 1. The predicted octanol–water partition coefficient (Wildman–Crippen LogP) is 8.06. The molecule has 1 N–H and O–H groups in total. The zero-order valence-electron chi connectivity index (χ0n) is 29.0. The highest BCUT2D eigenvalue weighted by atomic mass is 15.6. The number of aryl methyl sites for hydroxylation is 2. The van der Waals surface area contributed by atoms with Gasteiger partial charge in [-0.1, -0.05) is 159 Å². The minimum absolute atomic E-state index is 0.702. The van der Waals surface area contributed by atoms with Gasteiger partial charge in [-0.3, -0.25) is 4.68 Å². The summed E-state index contributed by atoms with van der Waals surface area (Å²) in [5.41, 5.74) is 9.08. The van der Waals surface area contributed by atoms with Gasteiger partial charge in [-0.15, -0.1) is 9.78 Å². The van der Waals surface area contributed by atoms with E-state index in [0.717, 1.165) is 76.4 Å². The molecule has 51 heavy (non-hydrogen) atoms. The van der Waals surface area contributed by atoms with E-state index >= 15 is 0 Å². The topological polar surface area (TPSA) is 80.6 Å². The lowest BCUT2D eigenvalue weighted by Gasteiger charge is -2.33. The Hall–Kier alpha value is -6.15. The van der Waals surface area contributed by atoms with Crippen LogP contribution in [0.5, 0.6) is 0 Å². The molecule has 3 aromatic heterocycles. The second-order valence-corrected chi connectivity index (χ2v) is 13.0. The van der Waals surface area contributed by atoms with Gasteiger partial charge < -0.3 is 0 Å². The number of benzene rings is 5. The number of rotatable bonds is 12. The zero-order chi connectivity index (χ0) is 34.6. The smallest absolute Gasteiger partial charge is 0.266 e. The second kappa shape index (κ2) is 14.0. The average molecular weight is 670 g/mol. The molecule has 0 aliphatic rings. The van der Waals surface area contributed by atoms with Gasteiger partial charge in [0.15, 0.2) is 22.2 Å². The van der Waals surface area contributed by atoms with E-state index in [0.29, 0.717) is 6.54 Å². The normalized spacial score (nSPS) is 11.7. The molecule has 8 rings (SSSR count). The van der Waals surface area contributed by atoms with Crippen LogP contribution in [0.4, 0.5) is 0 Å². The highest BCUT2D eigenvalue weighted by molar-refractivity contribution is 5.79. The molecule has 0 bridgehead atoms. The van der Waals surface area contributed by atoms with Gasteiger partial charge in [0.05, 0.1) is 12.1 Å². The molecule has 252 valence electrons. The first kappa shape index (κ1) is 32.1. The van der Waals surface area contributed by atoms with Crippen LogP contribution in [0, 0.1) is 0 Å². The molecule has 0 aliphatic heterocycles. The van der Waals surface area contributed by atoms with Crippen LogP contribution in [0.2, 0.25) is 0 Å². The molecule has 5 aromatic carbocycles. The van der Waals surface area contributed by atoms with E-state index in [1.807, 2.05) is 4.63 Å². The van der Waals surface area contributed by atoms with Crippen molar-refractivity contribution in [3.05, 3.63) is 179 Å². The van der Waals surface area contributed by atoms with Crippen molar-refractivity contribution in [1.82, 2.24) is 34.9 Å². The predicted molar refractivity (Wildman–Crippen MR) is 200 cm³/mol. The number of aromatic nitrogens is 8. The van der Waals surface area contributed by atoms with Crippen LogP contribution >= 0.6 is 0 Å². The van der Waals surface area contributed by atoms with E-state index < -0.39 is 5.54 Å². The molecule has 8 heteroatoms. The largest absolute Gasteiger partial charge is 0.334 e. The van der Waals surface area contributed by atoms with Crippen LogP contribution in [-0.4, -0.2) is 34.9 Å². The van der Waals surface area contributed by atoms with Gasteiger partial charge in [0.2, 0.25) is 0 Å². The fourth-order valence-electron chi connectivity index (χ4n) is 7.27. The van der Waals surface area contributed by atoms with Gasteiger partial charge in [-0.2, -0.15) is 4.63 Å². The first-order valence-electron chi connectivity index (χ1n) is 17.8. The molecule has 3 heterocycles. The van der Waals surface area contributed by atoms with E-state index in [1.165, 1.54) is 11.1 Å². The van der Waals surface area contributed by atoms with Crippen LogP contribution in [0.15, 0.2) is 146 Å². The van der Waals surface area contributed by atoms with Gasteiger partial charge >= 0.3 is 5.82 Å². The van der Waals surface area contributed by atoms with Gasteiger partial charge in [0.1, 0.15) is 5.10 Å². The van der Waals surface area contributed by atoms with Crippen LogP contribution in [0.1, 0.15) is 60.3 Å². The highest BCUT2D eigenvalue weighted by Gasteiger charge is 2.46. The second-order valence-electron chi connectivity index (χ2n) is 13.0. The van der Waals surface area contributed by atoms with Crippen LogP contribution in [0.3, 0.4) is 0 Å². The van der Waals surface area contributed by atoms with Crippen molar-refractivity contribution in [3.8, 4) is 22.5 Å². The van der Waals surface area contributed by atoms with Crippen LogP contribution < -0.4 is 4.68 Å². The maximum atomic E-state index is 4.83. The monoisotopic (exact) mass is 669 g/mol. The summed E-state index contributed by atoms with van der Waals surface area (Å²) in [4.78, 5) is 4.83. The van der Waals surface area contributed by atoms with Crippen molar-refractivity contribution in [1.29, 1.82) is 0 Å². The van der Waals surface area contributed by atoms with Gasteiger partial charge in [-0.05, 0) is 35.6 Å². The average Bonchev–Trinajstić information content (AvgIpc) is 3.93. The van der Waals surface area contributed by atoms with Gasteiger partial charge in [-0.25, -0.2) is 4.98 Å². The summed E-state index contributed by atoms with van der Waals surface area (Å²) in [5, 5.41) is 17.4. The number of unbranched alkanes of at least 4 members (excludes halogenated alkanes) is 1. The van der Waals surface area contributed by atoms with Gasteiger partial charge in [0, 0.05) is 34.9 Å². The summed E-state index contributed by atoms with van der Waals surface area (Å²) in [5.74, 6) is 1.61. The zero-order valence-corrected chi connectivity index (χ0v) is 29.0. The Bertz CT molecular complexity index is 2260. The lowest BCUT2D eigenvalue weighted by molar-refractivity contribution is -0.779. The molecular formula is C43H41N8+. The summed E-state index contributed by atoms with van der Waals surface area (Å²) in [6.07, 6.45) is 6.33. The molecule has 0 spiro atoms. The molecule has 0 aliphatic carbocycles. The van der Waals surface area contributed by atoms with E-state index in [1.54, 1.807) is 0 Å². The van der Waals surface area contributed by atoms with Crippen molar-refractivity contribution in [2.45, 2.75) is 51.6 Å². The Balaban J connectivity index is 1.21. The lowest BCUT2D eigenvalue weighted by atomic mass is 9.77. The van der Waals surface area contributed by atoms with E-state index in [9.17, 15) is 0 Å². The Morgan fingerprint density at radius 2 is 1.27 bits per heavy atom. The van der Waals surface area contributed by atoms with Crippen molar-refractivity contribution in [2.75, 3.05) is 0 Å². The maximum absolute atomic E-state index is 4.83. The van der Waals surface area contributed by atoms with Crippen molar-refractivity contribution in [3.63, 3.8) is 0 Å². The third-order valence-electron chi connectivity index (χ3n) is 9.77. The fourth-order valence-corrected chi connectivity index (χ4v) is 7.27. The van der Waals surface area contributed by atoms with Crippen molar-refractivity contribution < 1.29 is 4.68 Å². The molecule has 8 nitrogen and oxygen atoms in total. The SMILES string of the molecule is CCCCc1cn(Cc2ccc(-c3ccccc3-c3nn[nH][n+]3C(c3ccccc3)(c3ccccc3)c3ccccc3)cc2)n2nc(CC)nc12. The minimum atomic E-state index is -0.781. The number of nitrogens with one attached hydrogen (secondary N) is 1.